The van der Waals surface area contributed by atoms with Gasteiger partial charge in [-0.2, -0.15) is 0 Å². The number of thiophene rings is 1. The summed E-state index contributed by atoms with van der Waals surface area (Å²) in [5, 5.41) is 5.87. The van der Waals surface area contributed by atoms with Crippen LogP contribution in [0.4, 0.5) is 5.00 Å². The molecule has 3 rings (SSSR count). The van der Waals surface area contributed by atoms with Gasteiger partial charge in [0.25, 0.3) is 0 Å². The number of ether oxygens (including phenoxy) is 1. The zero-order valence-electron chi connectivity index (χ0n) is 11.2. The van der Waals surface area contributed by atoms with Crippen molar-refractivity contribution in [3.63, 3.8) is 0 Å². The van der Waals surface area contributed by atoms with Crippen molar-refractivity contribution in [2.45, 2.75) is 19.4 Å². The highest BCUT2D eigenvalue weighted by Gasteiger charge is 2.38. The molecule has 1 aliphatic heterocycles. The van der Waals surface area contributed by atoms with E-state index in [-0.39, 0.29) is 5.97 Å². The fourth-order valence-electron chi connectivity index (χ4n) is 2.36. The first kappa shape index (κ1) is 13.5. The van der Waals surface area contributed by atoms with E-state index in [1.165, 1.54) is 0 Å². The zero-order valence-corrected chi connectivity index (χ0v) is 12.8. The second kappa shape index (κ2) is 4.79. The van der Waals surface area contributed by atoms with Crippen LogP contribution in [0.25, 0.3) is 15.1 Å². The van der Waals surface area contributed by atoms with E-state index in [4.69, 9.17) is 16.3 Å². The molecule has 2 heterocycles. The Morgan fingerprint density at radius 1 is 1.45 bits per heavy atom. The Morgan fingerprint density at radius 2 is 2.20 bits per heavy atom. The zero-order chi connectivity index (χ0) is 14.3. The molecule has 0 radical (unpaired) electrons. The lowest BCUT2D eigenvalue weighted by Crippen LogP contribution is -2.44. The van der Waals surface area contributed by atoms with E-state index in [1.54, 1.807) is 31.3 Å². The number of esters is 1. The number of carbonyl (C=O) groups excluding carboxylic acids is 1. The Bertz CT molecular complexity index is 722. The molecule has 0 spiro atoms. The number of fused-ring (bicyclic) bond motifs is 3. The lowest BCUT2D eigenvalue weighted by Gasteiger charge is -2.30. The van der Waals surface area contributed by atoms with Gasteiger partial charge in [-0.3, -0.25) is 0 Å². The standard InChI is InChI=1S/C15H14ClNO2S/c1-3-19-14(18)15(2)8-10(16)12-9-6-4-5-7-11(9)20-13(12)17-15/h4-8,17H,3H2,1-2H3. The molecular formula is C15H14ClNO2S. The third kappa shape index (κ3) is 2.00. The largest absolute Gasteiger partial charge is 0.464 e. The molecule has 20 heavy (non-hydrogen) atoms. The van der Waals surface area contributed by atoms with Crippen molar-refractivity contribution in [2.75, 3.05) is 11.9 Å². The molecule has 0 aliphatic carbocycles. The minimum absolute atomic E-state index is 0.318. The summed E-state index contributed by atoms with van der Waals surface area (Å²) in [7, 11) is 0. The summed E-state index contributed by atoms with van der Waals surface area (Å²) >= 11 is 8.01. The van der Waals surface area contributed by atoms with Gasteiger partial charge in [-0.15, -0.1) is 11.3 Å². The number of anilines is 1. The molecular weight excluding hydrogens is 294 g/mol. The van der Waals surface area contributed by atoms with Gasteiger partial charge < -0.3 is 10.1 Å². The van der Waals surface area contributed by atoms with E-state index in [0.717, 1.165) is 20.7 Å². The van der Waals surface area contributed by atoms with E-state index in [0.29, 0.717) is 11.6 Å². The summed E-state index contributed by atoms with van der Waals surface area (Å²) in [6.45, 7) is 3.92. The van der Waals surface area contributed by atoms with Crippen LogP contribution in [0.3, 0.4) is 0 Å². The van der Waals surface area contributed by atoms with Crippen molar-refractivity contribution in [1.82, 2.24) is 0 Å². The molecule has 1 aliphatic rings. The van der Waals surface area contributed by atoms with Gasteiger partial charge in [-0.25, -0.2) is 4.79 Å². The smallest absolute Gasteiger partial charge is 0.335 e. The number of hydrogen-bond donors (Lipinski definition) is 1. The Morgan fingerprint density at radius 3 is 2.95 bits per heavy atom. The molecule has 1 aromatic heterocycles. The fourth-order valence-corrected chi connectivity index (χ4v) is 4.06. The van der Waals surface area contributed by atoms with Crippen molar-refractivity contribution in [3.05, 3.63) is 35.9 Å². The van der Waals surface area contributed by atoms with E-state index < -0.39 is 5.54 Å². The van der Waals surface area contributed by atoms with Crippen molar-refractivity contribution in [1.29, 1.82) is 0 Å². The summed E-state index contributed by atoms with van der Waals surface area (Å²) < 4.78 is 6.26. The number of benzene rings is 1. The lowest BCUT2D eigenvalue weighted by atomic mass is 9.96. The van der Waals surface area contributed by atoms with Gasteiger partial charge in [0, 0.05) is 15.6 Å². The molecule has 5 heteroatoms. The second-order valence-electron chi connectivity index (χ2n) is 4.84. The number of rotatable bonds is 2. The lowest BCUT2D eigenvalue weighted by molar-refractivity contribution is -0.146. The van der Waals surface area contributed by atoms with Crippen LogP contribution in [0.1, 0.15) is 19.4 Å². The quantitative estimate of drug-likeness (QED) is 0.844. The number of halogens is 1. The van der Waals surface area contributed by atoms with Crippen LogP contribution in [-0.4, -0.2) is 18.1 Å². The van der Waals surface area contributed by atoms with Gasteiger partial charge in [0.05, 0.1) is 16.6 Å². The van der Waals surface area contributed by atoms with E-state index >= 15 is 0 Å². The Labute approximate surface area is 126 Å². The highest BCUT2D eigenvalue weighted by Crippen LogP contribution is 2.46. The summed E-state index contributed by atoms with van der Waals surface area (Å²) in [5.41, 5.74) is 0.0510. The first-order valence-electron chi connectivity index (χ1n) is 6.41. The molecule has 0 fully saturated rings. The Kier molecular flexibility index (Phi) is 3.22. The molecule has 0 saturated heterocycles. The first-order chi connectivity index (χ1) is 9.55. The Balaban J connectivity index is 2.11. The predicted molar refractivity (Wildman–Crippen MR) is 84.3 cm³/mol. The average molecular weight is 308 g/mol. The van der Waals surface area contributed by atoms with Crippen LogP contribution in [-0.2, 0) is 9.53 Å². The Hall–Kier alpha value is -1.52. The maximum atomic E-state index is 12.1. The monoisotopic (exact) mass is 307 g/mol. The van der Waals surface area contributed by atoms with Crippen molar-refractivity contribution < 1.29 is 9.53 Å². The molecule has 1 aromatic carbocycles. The van der Waals surface area contributed by atoms with E-state index in [2.05, 4.69) is 5.32 Å². The van der Waals surface area contributed by atoms with Crippen molar-refractivity contribution in [3.8, 4) is 0 Å². The van der Waals surface area contributed by atoms with E-state index in [9.17, 15) is 4.79 Å². The molecule has 1 unspecified atom stereocenters. The fraction of sp³-hybridized carbons (Fsp3) is 0.267. The first-order valence-corrected chi connectivity index (χ1v) is 7.60. The topological polar surface area (TPSA) is 38.3 Å². The van der Waals surface area contributed by atoms with Gasteiger partial charge in [0.2, 0.25) is 0 Å². The van der Waals surface area contributed by atoms with Crippen LogP contribution in [0.15, 0.2) is 30.3 Å². The van der Waals surface area contributed by atoms with E-state index in [1.807, 2.05) is 24.3 Å². The highest BCUT2D eigenvalue weighted by molar-refractivity contribution is 7.23. The van der Waals surface area contributed by atoms with Gasteiger partial charge in [-0.1, -0.05) is 29.8 Å². The van der Waals surface area contributed by atoms with Crippen LogP contribution in [0.5, 0.6) is 0 Å². The number of nitrogens with one attached hydrogen (secondary N) is 1. The summed E-state index contributed by atoms with van der Waals surface area (Å²) in [5.74, 6) is -0.318. The van der Waals surface area contributed by atoms with Gasteiger partial charge in [-0.05, 0) is 26.0 Å². The molecule has 1 N–H and O–H groups in total. The van der Waals surface area contributed by atoms with Crippen molar-refractivity contribution >= 4 is 49.0 Å². The molecule has 0 bridgehead atoms. The third-order valence-corrected chi connectivity index (χ3v) is 4.71. The maximum absolute atomic E-state index is 12.1. The molecule has 2 aromatic rings. The average Bonchev–Trinajstić information content (AvgIpc) is 2.76. The van der Waals surface area contributed by atoms with Gasteiger partial charge in [0.1, 0.15) is 0 Å². The summed E-state index contributed by atoms with van der Waals surface area (Å²) in [4.78, 5) is 12.1. The molecule has 0 saturated carbocycles. The number of carbonyl (C=O) groups is 1. The molecule has 104 valence electrons. The molecule has 3 nitrogen and oxygen atoms in total. The predicted octanol–water partition coefficient (Wildman–Crippen LogP) is 4.23. The SMILES string of the molecule is CCOC(=O)C1(C)C=C(Cl)c2c(sc3ccccc23)N1. The highest BCUT2D eigenvalue weighted by atomic mass is 35.5. The third-order valence-electron chi connectivity index (χ3n) is 3.32. The van der Waals surface area contributed by atoms with Crippen LogP contribution < -0.4 is 5.32 Å². The normalized spacial score (nSPS) is 21.1. The van der Waals surface area contributed by atoms with Crippen LogP contribution in [0, 0.1) is 0 Å². The maximum Gasteiger partial charge on any atom is 0.335 e. The number of hydrogen-bond acceptors (Lipinski definition) is 4. The minimum Gasteiger partial charge on any atom is -0.464 e. The second-order valence-corrected chi connectivity index (χ2v) is 6.30. The molecule has 0 amide bonds. The summed E-state index contributed by atoms with van der Waals surface area (Å²) in [6.07, 6.45) is 1.73. The van der Waals surface area contributed by atoms with Crippen LogP contribution in [0.2, 0.25) is 0 Å². The van der Waals surface area contributed by atoms with Crippen LogP contribution >= 0.6 is 22.9 Å². The van der Waals surface area contributed by atoms with Crippen molar-refractivity contribution in [2.24, 2.45) is 0 Å². The van der Waals surface area contributed by atoms with Gasteiger partial charge >= 0.3 is 5.97 Å². The minimum atomic E-state index is -0.916. The van der Waals surface area contributed by atoms with Gasteiger partial charge in [0.15, 0.2) is 5.54 Å². The summed E-state index contributed by atoms with van der Waals surface area (Å²) in [6, 6.07) is 8.06. The molecule has 1 atom stereocenters.